The number of carbonyl (C=O) groups excluding carboxylic acids is 2. The number of hydrogen-bond acceptors (Lipinski definition) is 4. The molecule has 7 heteroatoms. The van der Waals surface area contributed by atoms with E-state index in [0.717, 1.165) is 31.4 Å². The number of hydrogen-bond donors (Lipinski definition) is 2. The van der Waals surface area contributed by atoms with Gasteiger partial charge in [0.15, 0.2) is 0 Å². The molecule has 1 aromatic rings. The van der Waals surface area contributed by atoms with Crippen LogP contribution in [0.1, 0.15) is 52.1 Å². The third-order valence-electron chi connectivity index (χ3n) is 4.51. The molecule has 1 aliphatic carbocycles. The summed E-state index contributed by atoms with van der Waals surface area (Å²) in [6.45, 7) is 7.26. The third kappa shape index (κ3) is 4.07. The van der Waals surface area contributed by atoms with Gasteiger partial charge in [0.1, 0.15) is 0 Å². The molecule has 132 valence electrons. The highest BCUT2D eigenvalue weighted by atomic mass is 16.5. The van der Waals surface area contributed by atoms with E-state index in [9.17, 15) is 9.59 Å². The van der Waals surface area contributed by atoms with Crippen molar-refractivity contribution in [2.45, 2.75) is 57.9 Å². The molecule has 1 aromatic heterocycles. The molecule has 2 N–H and O–H groups in total. The molecule has 3 rings (SSSR count). The van der Waals surface area contributed by atoms with E-state index in [2.05, 4.69) is 15.8 Å². The molecule has 0 bridgehead atoms. The Morgan fingerprint density at radius 3 is 2.67 bits per heavy atom. The Balaban J connectivity index is 1.56. The Morgan fingerprint density at radius 1 is 1.29 bits per heavy atom. The summed E-state index contributed by atoms with van der Waals surface area (Å²) >= 11 is 0. The van der Waals surface area contributed by atoms with Crippen molar-refractivity contribution < 1.29 is 14.1 Å². The molecular weight excluding hydrogens is 308 g/mol. The maximum Gasteiger partial charge on any atom is 0.317 e. The van der Waals surface area contributed by atoms with E-state index in [4.69, 9.17) is 4.52 Å². The minimum absolute atomic E-state index is 0.0512. The van der Waals surface area contributed by atoms with Crippen molar-refractivity contribution in [3.63, 3.8) is 0 Å². The van der Waals surface area contributed by atoms with Gasteiger partial charge < -0.3 is 14.7 Å². The van der Waals surface area contributed by atoms with Crippen LogP contribution in [0.3, 0.4) is 0 Å². The Labute approximate surface area is 142 Å². The van der Waals surface area contributed by atoms with Crippen LogP contribution in [0.25, 0.3) is 0 Å². The van der Waals surface area contributed by atoms with Crippen LogP contribution in [-0.4, -0.2) is 41.1 Å². The van der Waals surface area contributed by atoms with Crippen LogP contribution in [-0.2, 0) is 10.2 Å². The van der Waals surface area contributed by atoms with Crippen LogP contribution >= 0.6 is 0 Å². The van der Waals surface area contributed by atoms with Gasteiger partial charge in [0.2, 0.25) is 11.8 Å². The van der Waals surface area contributed by atoms with Gasteiger partial charge in [-0.2, -0.15) is 0 Å². The van der Waals surface area contributed by atoms with E-state index in [1.54, 1.807) is 11.0 Å². The SMILES string of the molecule is CC(C)(C)c1cc(NC(=O)C2CCCN(C(=O)NC3CC3)C2)on1. The molecule has 2 aliphatic rings. The topological polar surface area (TPSA) is 87.5 Å². The maximum atomic E-state index is 12.5. The van der Waals surface area contributed by atoms with Gasteiger partial charge in [-0.3, -0.25) is 10.1 Å². The lowest BCUT2D eigenvalue weighted by Gasteiger charge is -2.31. The molecule has 24 heavy (non-hydrogen) atoms. The second-order valence-corrected chi connectivity index (χ2v) is 7.82. The second-order valence-electron chi connectivity index (χ2n) is 7.82. The number of amides is 3. The predicted octanol–water partition coefficient (Wildman–Crippen LogP) is 2.49. The number of piperidine rings is 1. The zero-order valence-corrected chi connectivity index (χ0v) is 14.6. The van der Waals surface area contributed by atoms with Crippen molar-refractivity contribution >= 4 is 17.8 Å². The van der Waals surface area contributed by atoms with E-state index in [-0.39, 0.29) is 23.3 Å². The lowest BCUT2D eigenvalue weighted by atomic mass is 9.92. The Bertz CT molecular complexity index is 616. The first-order valence-electron chi connectivity index (χ1n) is 8.66. The van der Waals surface area contributed by atoms with Gasteiger partial charge in [0, 0.05) is 30.6 Å². The molecule has 1 aliphatic heterocycles. The average molecular weight is 334 g/mol. The van der Waals surface area contributed by atoms with E-state index in [0.29, 0.717) is 25.0 Å². The molecule has 3 amide bonds. The van der Waals surface area contributed by atoms with E-state index >= 15 is 0 Å². The average Bonchev–Trinajstić information content (AvgIpc) is 3.21. The fourth-order valence-electron chi connectivity index (χ4n) is 2.78. The quantitative estimate of drug-likeness (QED) is 0.889. The van der Waals surface area contributed by atoms with Gasteiger partial charge >= 0.3 is 6.03 Å². The van der Waals surface area contributed by atoms with Gasteiger partial charge in [-0.25, -0.2) is 4.79 Å². The molecule has 1 unspecified atom stereocenters. The largest absolute Gasteiger partial charge is 0.338 e. The van der Waals surface area contributed by atoms with Crippen LogP contribution < -0.4 is 10.6 Å². The lowest BCUT2D eigenvalue weighted by molar-refractivity contribution is -0.121. The summed E-state index contributed by atoms with van der Waals surface area (Å²) in [5, 5.41) is 9.77. The maximum absolute atomic E-state index is 12.5. The van der Waals surface area contributed by atoms with Crippen LogP contribution in [0.5, 0.6) is 0 Å². The minimum Gasteiger partial charge on any atom is -0.338 e. The fourth-order valence-corrected chi connectivity index (χ4v) is 2.78. The van der Waals surface area contributed by atoms with Crippen molar-refractivity contribution in [2.75, 3.05) is 18.4 Å². The molecule has 2 heterocycles. The molecule has 7 nitrogen and oxygen atoms in total. The van der Waals surface area contributed by atoms with Gasteiger partial charge in [-0.1, -0.05) is 25.9 Å². The zero-order chi connectivity index (χ0) is 17.3. The normalized spacial score (nSPS) is 21.5. The highest BCUT2D eigenvalue weighted by Crippen LogP contribution is 2.25. The molecule has 1 saturated heterocycles. The monoisotopic (exact) mass is 334 g/mol. The second kappa shape index (κ2) is 6.45. The summed E-state index contributed by atoms with van der Waals surface area (Å²) in [6.07, 6.45) is 3.73. The summed E-state index contributed by atoms with van der Waals surface area (Å²) < 4.78 is 5.21. The molecule has 0 radical (unpaired) electrons. The summed E-state index contributed by atoms with van der Waals surface area (Å²) in [5.41, 5.74) is 0.668. The van der Waals surface area contributed by atoms with Crippen molar-refractivity contribution in [3.8, 4) is 0 Å². The molecular formula is C17H26N4O3. The van der Waals surface area contributed by atoms with Gasteiger partial charge in [0.05, 0.1) is 11.6 Å². The van der Waals surface area contributed by atoms with Crippen LogP contribution in [0.4, 0.5) is 10.7 Å². The minimum atomic E-state index is -0.216. The number of rotatable bonds is 3. The van der Waals surface area contributed by atoms with E-state index in [1.165, 1.54) is 0 Å². The highest BCUT2D eigenvalue weighted by molar-refractivity contribution is 5.92. The van der Waals surface area contributed by atoms with E-state index < -0.39 is 0 Å². The fraction of sp³-hybridized carbons (Fsp3) is 0.706. The van der Waals surface area contributed by atoms with Crippen molar-refractivity contribution in [1.82, 2.24) is 15.4 Å². The van der Waals surface area contributed by atoms with Gasteiger partial charge in [-0.05, 0) is 25.7 Å². The predicted molar refractivity (Wildman–Crippen MR) is 89.7 cm³/mol. The van der Waals surface area contributed by atoms with Crippen molar-refractivity contribution in [2.24, 2.45) is 5.92 Å². The first kappa shape index (κ1) is 16.8. The van der Waals surface area contributed by atoms with Crippen molar-refractivity contribution in [3.05, 3.63) is 11.8 Å². The number of nitrogens with zero attached hydrogens (tertiary/aromatic N) is 2. The summed E-state index contributed by atoms with van der Waals surface area (Å²) in [4.78, 5) is 26.4. The molecule has 1 atom stereocenters. The first-order chi connectivity index (χ1) is 11.3. The van der Waals surface area contributed by atoms with Crippen molar-refractivity contribution in [1.29, 1.82) is 0 Å². The number of aromatic nitrogens is 1. The zero-order valence-electron chi connectivity index (χ0n) is 14.6. The number of urea groups is 1. The number of carbonyl (C=O) groups is 2. The smallest absolute Gasteiger partial charge is 0.317 e. The first-order valence-corrected chi connectivity index (χ1v) is 8.66. The van der Waals surface area contributed by atoms with Crippen LogP contribution in [0.15, 0.2) is 10.6 Å². The standard InChI is InChI=1S/C17H26N4O3/c1-17(2,3)13-9-14(24-20-13)19-15(22)11-5-4-8-21(10-11)16(23)18-12-6-7-12/h9,11-12H,4-8,10H2,1-3H3,(H,18,23)(H,19,22). The van der Waals surface area contributed by atoms with Crippen LogP contribution in [0, 0.1) is 5.92 Å². The Hall–Kier alpha value is -2.05. The van der Waals surface area contributed by atoms with E-state index in [1.807, 2.05) is 20.8 Å². The summed E-state index contributed by atoms with van der Waals surface area (Å²) in [5.74, 6) is 0.0342. The molecule has 0 spiro atoms. The lowest BCUT2D eigenvalue weighted by Crippen LogP contribution is -2.48. The third-order valence-corrected chi connectivity index (χ3v) is 4.51. The number of nitrogens with one attached hydrogen (secondary N) is 2. The molecule has 1 saturated carbocycles. The van der Waals surface area contributed by atoms with Crippen LogP contribution in [0.2, 0.25) is 0 Å². The number of anilines is 1. The van der Waals surface area contributed by atoms with Gasteiger partial charge in [-0.15, -0.1) is 0 Å². The molecule has 0 aromatic carbocycles. The summed E-state index contributed by atoms with van der Waals surface area (Å²) in [7, 11) is 0. The Kier molecular flexibility index (Phi) is 4.51. The highest BCUT2D eigenvalue weighted by Gasteiger charge is 2.32. The Morgan fingerprint density at radius 2 is 2.04 bits per heavy atom. The molecule has 2 fully saturated rings. The summed E-state index contributed by atoms with van der Waals surface area (Å²) in [6, 6.07) is 2.04. The number of likely N-dealkylation sites (tertiary alicyclic amines) is 1. The van der Waals surface area contributed by atoms with Gasteiger partial charge in [0.25, 0.3) is 0 Å².